The molecule has 3 heterocycles. The van der Waals surface area contributed by atoms with E-state index < -0.39 is 0 Å². The molecule has 3 aromatic rings. The normalized spacial score (nSPS) is 17.5. The van der Waals surface area contributed by atoms with Crippen molar-refractivity contribution in [3.63, 3.8) is 0 Å². The summed E-state index contributed by atoms with van der Waals surface area (Å²) in [4.78, 5) is 11.2. The topological polar surface area (TPSA) is 51.4 Å². The fourth-order valence-corrected chi connectivity index (χ4v) is 3.52. The van der Waals surface area contributed by atoms with E-state index in [1.165, 1.54) is 17.5 Å². The molecule has 1 fully saturated rings. The molecule has 0 amide bonds. The Morgan fingerprint density at radius 1 is 1.15 bits per heavy atom. The van der Waals surface area contributed by atoms with Crippen LogP contribution in [0.25, 0.3) is 0 Å². The van der Waals surface area contributed by atoms with Gasteiger partial charge in [0, 0.05) is 25.4 Å². The minimum Gasteiger partial charge on any atom is -0.497 e. The Balaban J connectivity index is 1.44. The van der Waals surface area contributed by atoms with E-state index in [9.17, 15) is 0 Å². The molecule has 0 aliphatic carbocycles. The smallest absolute Gasteiger partial charge is 0.211 e. The van der Waals surface area contributed by atoms with Gasteiger partial charge in [-0.3, -0.25) is 9.88 Å². The Morgan fingerprint density at radius 2 is 2.04 bits per heavy atom. The van der Waals surface area contributed by atoms with Gasteiger partial charge in [0.15, 0.2) is 0 Å². The zero-order valence-corrected chi connectivity index (χ0v) is 15.0. The van der Waals surface area contributed by atoms with E-state index in [1.54, 1.807) is 7.11 Å². The predicted molar refractivity (Wildman–Crippen MR) is 98.9 cm³/mol. The van der Waals surface area contributed by atoms with Crippen LogP contribution in [0.4, 0.5) is 0 Å². The molecule has 5 nitrogen and oxygen atoms in total. The maximum atomic E-state index is 6.10. The number of ether oxygens (including phenoxy) is 1. The summed E-state index contributed by atoms with van der Waals surface area (Å²) in [6.45, 7) is 1.95. The molecule has 1 aromatic carbocycles. The van der Waals surface area contributed by atoms with E-state index >= 15 is 0 Å². The number of methoxy groups -OCH3 is 1. The minimum absolute atomic E-state index is 0.250. The molecule has 0 saturated carbocycles. The monoisotopic (exact) mass is 349 g/mol. The molecule has 26 heavy (non-hydrogen) atoms. The van der Waals surface area contributed by atoms with E-state index in [0.717, 1.165) is 43.3 Å². The van der Waals surface area contributed by atoms with Crippen LogP contribution in [-0.4, -0.2) is 28.5 Å². The van der Waals surface area contributed by atoms with Gasteiger partial charge in [-0.25, -0.2) is 4.98 Å². The first-order chi connectivity index (χ1) is 12.8. The minimum atomic E-state index is 0.250. The lowest BCUT2D eigenvalue weighted by Crippen LogP contribution is -2.23. The molecule has 0 spiro atoms. The fraction of sp³-hybridized carbons (Fsp3) is 0.333. The van der Waals surface area contributed by atoms with E-state index in [-0.39, 0.29) is 6.04 Å². The largest absolute Gasteiger partial charge is 0.497 e. The van der Waals surface area contributed by atoms with Crippen molar-refractivity contribution in [3.8, 4) is 5.75 Å². The lowest BCUT2D eigenvalue weighted by atomic mass is 10.1. The second kappa shape index (κ2) is 7.70. The highest BCUT2D eigenvalue weighted by atomic mass is 16.5. The van der Waals surface area contributed by atoms with Crippen molar-refractivity contribution >= 4 is 0 Å². The molecule has 0 radical (unpaired) electrons. The van der Waals surface area contributed by atoms with Gasteiger partial charge in [0.2, 0.25) is 5.89 Å². The molecule has 1 atom stereocenters. The Hall–Kier alpha value is -2.66. The molecule has 4 rings (SSSR count). The lowest BCUT2D eigenvalue weighted by molar-refractivity contribution is 0.212. The summed E-state index contributed by atoms with van der Waals surface area (Å²) in [7, 11) is 1.68. The molecule has 1 aliphatic rings. The van der Waals surface area contributed by atoms with Crippen LogP contribution in [0, 0.1) is 0 Å². The number of likely N-dealkylation sites (tertiary alicyclic amines) is 1. The summed E-state index contributed by atoms with van der Waals surface area (Å²) < 4.78 is 11.3. The average molecular weight is 349 g/mol. The number of rotatable bonds is 6. The number of hydrogen-bond acceptors (Lipinski definition) is 5. The van der Waals surface area contributed by atoms with Crippen LogP contribution in [0.3, 0.4) is 0 Å². The van der Waals surface area contributed by atoms with E-state index in [4.69, 9.17) is 9.15 Å². The van der Waals surface area contributed by atoms with Gasteiger partial charge in [-0.15, -0.1) is 0 Å². The molecule has 2 aromatic heterocycles. The van der Waals surface area contributed by atoms with Crippen LogP contribution >= 0.6 is 0 Å². The van der Waals surface area contributed by atoms with Crippen LogP contribution in [0.2, 0.25) is 0 Å². The average Bonchev–Trinajstić information content (AvgIpc) is 3.32. The Kier molecular flexibility index (Phi) is 4.97. The third-order valence-corrected chi connectivity index (χ3v) is 4.87. The molecule has 1 aliphatic heterocycles. The van der Waals surface area contributed by atoms with Gasteiger partial charge in [-0.1, -0.05) is 18.2 Å². The van der Waals surface area contributed by atoms with Crippen molar-refractivity contribution < 1.29 is 9.15 Å². The first-order valence-corrected chi connectivity index (χ1v) is 9.02. The second-order valence-electron chi connectivity index (χ2n) is 6.68. The maximum absolute atomic E-state index is 6.10. The molecular formula is C21H23N3O2. The molecular weight excluding hydrogens is 326 g/mol. The summed E-state index contributed by atoms with van der Waals surface area (Å²) >= 11 is 0. The molecule has 0 N–H and O–H groups in total. The van der Waals surface area contributed by atoms with Crippen LogP contribution in [0.5, 0.6) is 5.75 Å². The quantitative estimate of drug-likeness (QED) is 0.673. The number of pyridine rings is 1. The first kappa shape index (κ1) is 16.8. The number of nitrogens with zero attached hydrogens (tertiary/aromatic N) is 3. The van der Waals surface area contributed by atoms with Gasteiger partial charge in [0.1, 0.15) is 11.5 Å². The highest BCUT2D eigenvalue weighted by Gasteiger charge is 2.29. The van der Waals surface area contributed by atoms with Crippen molar-refractivity contribution in [3.05, 3.63) is 77.8 Å². The number of aromatic nitrogens is 2. The molecule has 0 unspecified atom stereocenters. The van der Waals surface area contributed by atoms with Crippen molar-refractivity contribution in [2.45, 2.75) is 31.8 Å². The van der Waals surface area contributed by atoms with Crippen LogP contribution in [-0.2, 0) is 13.0 Å². The lowest BCUT2D eigenvalue weighted by Gasteiger charge is -2.21. The van der Waals surface area contributed by atoms with Crippen molar-refractivity contribution in [1.82, 2.24) is 14.9 Å². The second-order valence-corrected chi connectivity index (χ2v) is 6.68. The highest BCUT2D eigenvalue weighted by Crippen LogP contribution is 2.33. The zero-order chi connectivity index (χ0) is 17.8. The Labute approximate surface area is 153 Å². The van der Waals surface area contributed by atoms with E-state index in [0.29, 0.717) is 0 Å². The highest BCUT2D eigenvalue weighted by molar-refractivity contribution is 5.29. The third-order valence-electron chi connectivity index (χ3n) is 4.87. The maximum Gasteiger partial charge on any atom is 0.211 e. The summed E-state index contributed by atoms with van der Waals surface area (Å²) in [6.07, 6.45) is 8.60. The van der Waals surface area contributed by atoms with Gasteiger partial charge >= 0.3 is 0 Å². The van der Waals surface area contributed by atoms with Gasteiger partial charge in [0.05, 0.1) is 19.3 Å². The van der Waals surface area contributed by atoms with Crippen molar-refractivity contribution in [2.24, 2.45) is 0 Å². The standard InChI is InChI=1S/C21H23N3O2/c1-25-18-8-6-16(7-9-18)12-19-14-23-21(26-19)20-5-3-11-24(20)15-17-4-2-10-22-13-17/h2,4,6-10,13-14,20H,3,5,11-12,15H2,1H3/t20-/m0/s1. The third kappa shape index (κ3) is 3.78. The summed E-state index contributed by atoms with van der Waals surface area (Å²) in [5, 5.41) is 0. The Bertz CT molecular complexity index is 830. The molecule has 134 valence electrons. The van der Waals surface area contributed by atoms with E-state index in [2.05, 4.69) is 33.1 Å². The van der Waals surface area contributed by atoms with Gasteiger partial charge in [-0.2, -0.15) is 0 Å². The number of oxazole rings is 1. The van der Waals surface area contributed by atoms with E-state index in [1.807, 2.05) is 36.8 Å². The summed E-state index contributed by atoms with van der Waals surface area (Å²) in [6, 6.07) is 12.4. The van der Waals surface area contributed by atoms with Crippen LogP contribution in [0.1, 0.15) is 41.7 Å². The van der Waals surface area contributed by atoms with Crippen molar-refractivity contribution in [1.29, 1.82) is 0 Å². The SMILES string of the molecule is COc1ccc(Cc2cnc([C@@H]3CCCN3Cc3cccnc3)o2)cc1. The fourth-order valence-electron chi connectivity index (χ4n) is 3.52. The molecule has 1 saturated heterocycles. The summed E-state index contributed by atoms with van der Waals surface area (Å²) in [5.41, 5.74) is 2.41. The molecule has 0 bridgehead atoms. The Morgan fingerprint density at radius 3 is 2.81 bits per heavy atom. The van der Waals surface area contributed by atoms with Gasteiger partial charge in [-0.05, 0) is 48.7 Å². The predicted octanol–water partition coefficient (Wildman–Crippen LogP) is 4.01. The number of hydrogen-bond donors (Lipinski definition) is 0. The first-order valence-electron chi connectivity index (χ1n) is 9.02. The van der Waals surface area contributed by atoms with Gasteiger partial charge < -0.3 is 9.15 Å². The zero-order valence-electron chi connectivity index (χ0n) is 15.0. The van der Waals surface area contributed by atoms with Gasteiger partial charge in [0.25, 0.3) is 0 Å². The summed E-state index contributed by atoms with van der Waals surface area (Å²) in [5.74, 6) is 2.59. The van der Waals surface area contributed by atoms with Crippen molar-refractivity contribution in [2.75, 3.05) is 13.7 Å². The number of benzene rings is 1. The van der Waals surface area contributed by atoms with Crippen LogP contribution in [0.15, 0.2) is 59.4 Å². The molecule has 5 heteroatoms. The van der Waals surface area contributed by atoms with Crippen LogP contribution < -0.4 is 4.74 Å².